The number of hydrogen-bond acceptors (Lipinski definition) is 4. The first-order valence-electron chi connectivity index (χ1n) is 6.02. The lowest BCUT2D eigenvalue weighted by molar-refractivity contribution is -0.132. The van der Waals surface area contributed by atoms with Crippen molar-refractivity contribution in [2.24, 2.45) is 0 Å². The predicted octanol–water partition coefficient (Wildman–Crippen LogP) is 0.970. The van der Waals surface area contributed by atoms with Crippen LogP contribution in [0, 0.1) is 6.92 Å². The third-order valence-corrected chi connectivity index (χ3v) is 2.65. The van der Waals surface area contributed by atoms with Crippen molar-refractivity contribution in [3.63, 3.8) is 0 Å². The van der Waals surface area contributed by atoms with Gasteiger partial charge in [0, 0.05) is 19.2 Å². The molecule has 6 heteroatoms. The maximum Gasteiger partial charge on any atom is 0.274 e. The highest BCUT2D eigenvalue weighted by atomic mass is 16.5. The van der Waals surface area contributed by atoms with E-state index in [1.54, 1.807) is 18.7 Å². The Kier molecular flexibility index (Phi) is 4.88. The maximum atomic E-state index is 11.9. The minimum absolute atomic E-state index is 0.103. The number of amides is 2. The van der Waals surface area contributed by atoms with Crippen LogP contribution in [0.15, 0.2) is 10.6 Å². The Morgan fingerprint density at radius 1 is 1.44 bits per heavy atom. The molecule has 6 nitrogen and oxygen atoms in total. The van der Waals surface area contributed by atoms with Gasteiger partial charge in [0.2, 0.25) is 5.91 Å². The van der Waals surface area contributed by atoms with E-state index in [-0.39, 0.29) is 11.6 Å². The van der Waals surface area contributed by atoms with Gasteiger partial charge in [-0.05, 0) is 27.7 Å². The van der Waals surface area contributed by atoms with Crippen LogP contribution in [0.25, 0.3) is 0 Å². The first-order chi connectivity index (χ1) is 8.49. The lowest BCUT2D eigenvalue weighted by Gasteiger charge is -2.23. The summed E-state index contributed by atoms with van der Waals surface area (Å²) in [5.74, 6) is 0.0521. The molecular weight excluding hydrogens is 234 g/mol. The van der Waals surface area contributed by atoms with Crippen LogP contribution >= 0.6 is 0 Å². The normalized spacial score (nSPS) is 12.0. The molecule has 1 aromatic rings. The first-order valence-corrected chi connectivity index (χ1v) is 6.02. The molecule has 0 aliphatic carbocycles. The number of nitrogens with zero attached hydrogens (tertiary/aromatic N) is 2. The molecule has 0 saturated heterocycles. The minimum atomic E-state index is -0.575. The Bertz CT molecular complexity index is 424. The van der Waals surface area contributed by atoms with E-state index in [0.29, 0.717) is 18.8 Å². The van der Waals surface area contributed by atoms with Crippen molar-refractivity contribution in [3.05, 3.63) is 17.5 Å². The average molecular weight is 253 g/mol. The molecule has 1 atom stereocenters. The monoisotopic (exact) mass is 253 g/mol. The van der Waals surface area contributed by atoms with Crippen LogP contribution in [-0.4, -0.2) is 41.0 Å². The van der Waals surface area contributed by atoms with E-state index in [2.05, 4.69) is 10.5 Å². The molecule has 0 radical (unpaired) electrons. The second-order valence-electron chi connectivity index (χ2n) is 4.03. The van der Waals surface area contributed by atoms with Crippen LogP contribution in [0.3, 0.4) is 0 Å². The van der Waals surface area contributed by atoms with Gasteiger partial charge < -0.3 is 14.7 Å². The summed E-state index contributed by atoms with van der Waals surface area (Å²) in [6.45, 7) is 8.41. The lowest BCUT2D eigenvalue weighted by atomic mass is 10.2. The number of rotatable bonds is 5. The number of nitrogens with one attached hydrogen (secondary N) is 1. The summed E-state index contributed by atoms with van der Waals surface area (Å²) in [5.41, 5.74) is 0.187. The molecule has 1 heterocycles. The molecule has 1 aromatic heterocycles. The molecule has 0 spiro atoms. The molecular formula is C12H19N3O3. The third-order valence-electron chi connectivity index (χ3n) is 2.65. The zero-order valence-electron chi connectivity index (χ0n) is 11.2. The van der Waals surface area contributed by atoms with Crippen molar-refractivity contribution in [2.45, 2.75) is 33.7 Å². The fourth-order valence-electron chi connectivity index (χ4n) is 1.61. The molecule has 1 unspecified atom stereocenters. The molecule has 18 heavy (non-hydrogen) atoms. The van der Waals surface area contributed by atoms with Gasteiger partial charge in [-0.1, -0.05) is 5.16 Å². The summed E-state index contributed by atoms with van der Waals surface area (Å²) in [6.07, 6.45) is 0. The highest BCUT2D eigenvalue weighted by Crippen LogP contribution is 2.02. The number of carbonyl (C=O) groups is 2. The van der Waals surface area contributed by atoms with E-state index in [9.17, 15) is 9.59 Å². The van der Waals surface area contributed by atoms with E-state index < -0.39 is 11.9 Å². The maximum absolute atomic E-state index is 11.9. The van der Waals surface area contributed by atoms with Crippen molar-refractivity contribution in [2.75, 3.05) is 13.1 Å². The Morgan fingerprint density at radius 3 is 2.50 bits per heavy atom. The molecule has 1 rings (SSSR count). The van der Waals surface area contributed by atoms with Crippen molar-refractivity contribution in [1.82, 2.24) is 15.4 Å². The van der Waals surface area contributed by atoms with Crippen molar-refractivity contribution < 1.29 is 14.1 Å². The van der Waals surface area contributed by atoms with Crippen molar-refractivity contribution in [1.29, 1.82) is 0 Å². The van der Waals surface area contributed by atoms with Gasteiger partial charge in [-0.3, -0.25) is 9.59 Å². The molecule has 0 aliphatic heterocycles. The van der Waals surface area contributed by atoms with Crippen LogP contribution in [0.2, 0.25) is 0 Å². The lowest BCUT2D eigenvalue weighted by Crippen LogP contribution is -2.46. The smallest absolute Gasteiger partial charge is 0.274 e. The highest BCUT2D eigenvalue weighted by molar-refractivity contribution is 5.95. The summed E-state index contributed by atoms with van der Waals surface area (Å²) in [7, 11) is 0. The second-order valence-corrected chi connectivity index (χ2v) is 4.03. The van der Waals surface area contributed by atoms with Gasteiger partial charge in [-0.15, -0.1) is 0 Å². The SMILES string of the molecule is CCN(CC)C(=O)C(C)NC(=O)c1cc(C)on1. The van der Waals surface area contributed by atoms with Gasteiger partial charge >= 0.3 is 0 Å². The largest absolute Gasteiger partial charge is 0.361 e. The van der Waals surface area contributed by atoms with Crippen LogP contribution in [0.5, 0.6) is 0 Å². The van der Waals surface area contributed by atoms with E-state index in [1.807, 2.05) is 13.8 Å². The van der Waals surface area contributed by atoms with Gasteiger partial charge in [0.15, 0.2) is 5.69 Å². The van der Waals surface area contributed by atoms with Gasteiger partial charge in [0.1, 0.15) is 11.8 Å². The summed E-state index contributed by atoms with van der Waals surface area (Å²) in [5, 5.41) is 6.21. The Labute approximate surface area is 106 Å². The Morgan fingerprint density at radius 2 is 2.06 bits per heavy atom. The Balaban J connectivity index is 2.62. The topological polar surface area (TPSA) is 75.4 Å². The van der Waals surface area contributed by atoms with Gasteiger partial charge in [0.05, 0.1) is 0 Å². The number of aromatic nitrogens is 1. The van der Waals surface area contributed by atoms with Crippen LogP contribution < -0.4 is 5.32 Å². The quantitative estimate of drug-likeness (QED) is 0.848. The van der Waals surface area contributed by atoms with Crippen molar-refractivity contribution in [3.8, 4) is 0 Å². The highest BCUT2D eigenvalue weighted by Gasteiger charge is 2.21. The zero-order valence-corrected chi connectivity index (χ0v) is 11.2. The summed E-state index contributed by atoms with van der Waals surface area (Å²) < 4.78 is 4.81. The number of carbonyl (C=O) groups excluding carboxylic acids is 2. The van der Waals surface area contributed by atoms with E-state index in [4.69, 9.17) is 4.52 Å². The first kappa shape index (κ1) is 14.2. The molecule has 0 aliphatic rings. The van der Waals surface area contributed by atoms with Crippen LogP contribution in [0.1, 0.15) is 37.0 Å². The van der Waals surface area contributed by atoms with Crippen LogP contribution in [0.4, 0.5) is 0 Å². The molecule has 100 valence electrons. The number of hydrogen-bond donors (Lipinski definition) is 1. The van der Waals surface area contributed by atoms with E-state index >= 15 is 0 Å². The average Bonchev–Trinajstić information content (AvgIpc) is 2.77. The summed E-state index contributed by atoms with van der Waals surface area (Å²) in [4.78, 5) is 25.4. The number of likely N-dealkylation sites (N-methyl/N-ethyl adjacent to an activating group) is 1. The second kappa shape index (κ2) is 6.18. The summed E-state index contributed by atoms with van der Waals surface area (Å²) >= 11 is 0. The van der Waals surface area contributed by atoms with E-state index in [1.165, 1.54) is 6.07 Å². The molecule has 2 amide bonds. The zero-order chi connectivity index (χ0) is 13.7. The molecule has 0 bridgehead atoms. The minimum Gasteiger partial charge on any atom is -0.361 e. The standard InChI is InChI=1S/C12H19N3O3/c1-5-15(6-2)12(17)9(4)13-11(16)10-7-8(3)18-14-10/h7,9H,5-6H2,1-4H3,(H,13,16). The van der Waals surface area contributed by atoms with E-state index in [0.717, 1.165) is 0 Å². The third kappa shape index (κ3) is 3.32. The fourth-order valence-corrected chi connectivity index (χ4v) is 1.61. The number of aryl methyl sites for hydroxylation is 1. The molecule has 0 aromatic carbocycles. The van der Waals surface area contributed by atoms with Crippen molar-refractivity contribution >= 4 is 11.8 Å². The molecule has 1 N–H and O–H groups in total. The van der Waals surface area contributed by atoms with Gasteiger partial charge in [0.25, 0.3) is 5.91 Å². The van der Waals surface area contributed by atoms with Gasteiger partial charge in [-0.25, -0.2) is 0 Å². The van der Waals surface area contributed by atoms with Crippen LogP contribution in [-0.2, 0) is 4.79 Å². The summed E-state index contributed by atoms with van der Waals surface area (Å²) in [6, 6.07) is 0.957. The Hall–Kier alpha value is -1.85. The predicted molar refractivity (Wildman–Crippen MR) is 66.1 cm³/mol. The fraction of sp³-hybridized carbons (Fsp3) is 0.583. The molecule has 0 fully saturated rings. The molecule has 0 saturated carbocycles. The van der Waals surface area contributed by atoms with Gasteiger partial charge in [-0.2, -0.15) is 0 Å².